The van der Waals surface area contributed by atoms with E-state index < -0.39 is 0 Å². The highest BCUT2D eigenvalue weighted by Gasteiger charge is 2.22. The summed E-state index contributed by atoms with van der Waals surface area (Å²) in [7, 11) is 0. The second-order valence-electron chi connectivity index (χ2n) is 8.92. The molecule has 0 N–H and O–H groups in total. The maximum Gasteiger partial charge on any atom is 0.343 e. The average Bonchev–Trinajstić information content (AvgIpc) is 2.89. The van der Waals surface area contributed by atoms with Crippen LogP contribution >= 0.6 is 0 Å². The second-order valence-corrected chi connectivity index (χ2v) is 8.92. The maximum atomic E-state index is 12.6. The Kier molecular flexibility index (Phi) is 7.97. The minimum atomic E-state index is -0.372. The van der Waals surface area contributed by atoms with Gasteiger partial charge < -0.3 is 4.74 Å². The number of carbonyl (C=O) groups excluding carboxylic acids is 2. The van der Waals surface area contributed by atoms with Crippen molar-refractivity contribution in [3.05, 3.63) is 89.5 Å². The van der Waals surface area contributed by atoms with Crippen LogP contribution < -0.4 is 4.74 Å². The van der Waals surface area contributed by atoms with Gasteiger partial charge in [-0.2, -0.15) is 10.2 Å². The molecule has 1 aliphatic rings. The SMILES string of the molecule is CCCC1CCC(c2ccc(C(=O)Oc3ccc(N=Nc4ccc(C=O)cc4)cc3)cc2)CC1. The van der Waals surface area contributed by atoms with Gasteiger partial charge in [-0.3, -0.25) is 4.79 Å². The Bertz CT molecular complexity index is 1110. The van der Waals surface area contributed by atoms with Gasteiger partial charge in [0.2, 0.25) is 0 Å². The summed E-state index contributed by atoms with van der Waals surface area (Å²) in [5.41, 5.74) is 3.75. The number of ether oxygens (including phenoxy) is 1. The second kappa shape index (κ2) is 11.5. The van der Waals surface area contributed by atoms with Crippen molar-refractivity contribution in [3.8, 4) is 5.75 Å². The van der Waals surface area contributed by atoms with Crippen molar-refractivity contribution in [1.82, 2.24) is 0 Å². The lowest BCUT2D eigenvalue weighted by Gasteiger charge is -2.28. The van der Waals surface area contributed by atoms with Crippen molar-refractivity contribution in [3.63, 3.8) is 0 Å². The monoisotopic (exact) mass is 454 g/mol. The molecule has 34 heavy (non-hydrogen) atoms. The minimum absolute atomic E-state index is 0.372. The van der Waals surface area contributed by atoms with E-state index in [-0.39, 0.29) is 5.97 Å². The number of benzene rings is 3. The average molecular weight is 455 g/mol. The molecule has 174 valence electrons. The number of aldehydes is 1. The third kappa shape index (κ3) is 6.25. The zero-order chi connectivity index (χ0) is 23.8. The third-order valence-electron chi connectivity index (χ3n) is 6.52. The number of rotatable bonds is 8. The predicted octanol–water partition coefficient (Wildman–Crippen LogP) is 8.21. The zero-order valence-electron chi connectivity index (χ0n) is 19.5. The van der Waals surface area contributed by atoms with Gasteiger partial charge in [0.05, 0.1) is 16.9 Å². The molecule has 1 aliphatic carbocycles. The van der Waals surface area contributed by atoms with Gasteiger partial charge in [-0.1, -0.05) is 31.9 Å². The molecule has 0 atom stereocenters. The standard InChI is InChI=1S/C29H30N2O3/c1-2-3-21-4-8-23(9-5-21)24-10-12-25(13-11-24)29(33)34-28-18-16-27(17-19-28)31-30-26-14-6-22(20-32)7-15-26/h6-7,10-21,23H,2-5,8-9H2,1H3. The van der Waals surface area contributed by atoms with Crippen LogP contribution in [-0.4, -0.2) is 12.3 Å². The van der Waals surface area contributed by atoms with Crippen LogP contribution in [0.5, 0.6) is 5.75 Å². The van der Waals surface area contributed by atoms with Crippen molar-refractivity contribution in [2.75, 3.05) is 0 Å². The van der Waals surface area contributed by atoms with E-state index in [1.807, 2.05) is 12.1 Å². The van der Waals surface area contributed by atoms with Crippen LogP contribution in [0.15, 0.2) is 83.0 Å². The molecule has 0 unspecified atom stereocenters. The largest absolute Gasteiger partial charge is 0.423 e. The van der Waals surface area contributed by atoms with E-state index in [4.69, 9.17) is 4.74 Å². The molecule has 0 radical (unpaired) electrons. The normalized spacial score (nSPS) is 18.0. The quantitative estimate of drug-likeness (QED) is 0.149. The van der Waals surface area contributed by atoms with E-state index >= 15 is 0 Å². The Morgan fingerprint density at radius 2 is 1.44 bits per heavy atom. The van der Waals surface area contributed by atoms with Gasteiger partial charge in [-0.05, 0) is 104 Å². The van der Waals surface area contributed by atoms with Crippen LogP contribution in [0, 0.1) is 5.92 Å². The zero-order valence-corrected chi connectivity index (χ0v) is 19.5. The first-order valence-corrected chi connectivity index (χ1v) is 12.0. The van der Waals surface area contributed by atoms with Gasteiger partial charge in [-0.15, -0.1) is 0 Å². The summed E-state index contributed by atoms with van der Waals surface area (Å²) < 4.78 is 5.53. The highest BCUT2D eigenvalue weighted by molar-refractivity contribution is 5.91. The number of hydrogen-bond acceptors (Lipinski definition) is 5. The van der Waals surface area contributed by atoms with E-state index in [0.29, 0.717) is 34.2 Å². The molecule has 3 aromatic carbocycles. The van der Waals surface area contributed by atoms with E-state index in [9.17, 15) is 9.59 Å². The highest BCUT2D eigenvalue weighted by Crippen LogP contribution is 2.37. The van der Waals surface area contributed by atoms with Crippen LogP contribution in [0.4, 0.5) is 11.4 Å². The summed E-state index contributed by atoms with van der Waals surface area (Å²) in [4.78, 5) is 23.3. The molecule has 0 saturated heterocycles. The molecule has 3 aromatic rings. The Morgan fingerprint density at radius 3 is 2.00 bits per heavy atom. The molecule has 0 spiro atoms. The number of hydrogen-bond donors (Lipinski definition) is 0. The number of carbonyl (C=O) groups is 2. The molecule has 0 amide bonds. The first kappa shape index (κ1) is 23.6. The van der Waals surface area contributed by atoms with E-state index in [1.165, 1.54) is 44.1 Å². The highest BCUT2D eigenvalue weighted by atomic mass is 16.5. The fourth-order valence-electron chi connectivity index (χ4n) is 4.57. The molecule has 0 aromatic heterocycles. The fourth-order valence-corrected chi connectivity index (χ4v) is 4.57. The van der Waals surface area contributed by atoms with Gasteiger partial charge in [-0.25, -0.2) is 4.79 Å². The lowest BCUT2D eigenvalue weighted by atomic mass is 9.77. The summed E-state index contributed by atoms with van der Waals surface area (Å²) >= 11 is 0. The molecular formula is C29H30N2O3. The third-order valence-corrected chi connectivity index (χ3v) is 6.52. The summed E-state index contributed by atoms with van der Waals surface area (Å²) in [6, 6.07) is 21.6. The Morgan fingerprint density at radius 1 is 0.853 bits per heavy atom. The summed E-state index contributed by atoms with van der Waals surface area (Å²) in [6.45, 7) is 2.27. The van der Waals surface area contributed by atoms with Gasteiger partial charge in [0, 0.05) is 5.56 Å². The van der Waals surface area contributed by atoms with Crippen molar-refractivity contribution in [2.24, 2.45) is 16.1 Å². The molecule has 1 fully saturated rings. The van der Waals surface area contributed by atoms with E-state index in [1.54, 1.807) is 48.5 Å². The smallest absolute Gasteiger partial charge is 0.343 e. The number of nitrogens with zero attached hydrogens (tertiary/aromatic N) is 2. The Labute approximate surface area is 200 Å². The molecule has 0 bridgehead atoms. The van der Waals surface area contributed by atoms with Crippen molar-refractivity contribution >= 4 is 23.6 Å². The van der Waals surface area contributed by atoms with E-state index in [2.05, 4.69) is 29.3 Å². The molecule has 0 aliphatic heterocycles. The van der Waals surface area contributed by atoms with Crippen molar-refractivity contribution in [1.29, 1.82) is 0 Å². The Balaban J connectivity index is 1.31. The van der Waals surface area contributed by atoms with Crippen LogP contribution in [0.2, 0.25) is 0 Å². The maximum absolute atomic E-state index is 12.6. The number of azo groups is 1. The van der Waals surface area contributed by atoms with Gasteiger partial charge >= 0.3 is 5.97 Å². The molecule has 4 rings (SSSR count). The summed E-state index contributed by atoms with van der Waals surface area (Å²) in [6.07, 6.45) is 8.50. The van der Waals surface area contributed by atoms with Crippen molar-refractivity contribution < 1.29 is 14.3 Å². The van der Waals surface area contributed by atoms with E-state index in [0.717, 1.165) is 12.2 Å². The van der Waals surface area contributed by atoms with Gasteiger partial charge in [0.25, 0.3) is 0 Å². The molecule has 5 heteroatoms. The molecular weight excluding hydrogens is 424 g/mol. The minimum Gasteiger partial charge on any atom is -0.423 e. The lowest BCUT2D eigenvalue weighted by Crippen LogP contribution is -2.13. The predicted molar refractivity (Wildman–Crippen MR) is 133 cm³/mol. The summed E-state index contributed by atoms with van der Waals surface area (Å²) in [5.74, 6) is 1.57. The fraction of sp³-hybridized carbons (Fsp3) is 0.310. The van der Waals surface area contributed by atoms with Crippen LogP contribution in [0.1, 0.15) is 77.6 Å². The number of esters is 1. The lowest BCUT2D eigenvalue weighted by molar-refractivity contribution is 0.0734. The first-order chi connectivity index (χ1) is 16.6. The van der Waals surface area contributed by atoms with Crippen molar-refractivity contribution in [2.45, 2.75) is 51.4 Å². The van der Waals surface area contributed by atoms with Crippen LogP contribution in [0.25, 0.3) is 0 Å². The summed E-state index contributed by atoms with van der Waals surface area (Å²) in [5, 5.41) is 8.33. The van der Waals surface area contributed by atoms with Crippen LogP contribution in [0.3, 0.4) is 0 Å². The van der Waals surface area contributed by atoms with Gasteiger partial charge in [0.15, 0.2) is 0 Å². The molecule has 0 heterocycles. The molecule has 1 saturated carbocycles. The first-order valence-electron chi connectivity index (χ1n) is 12.0. The van der Waals surface area contributed by atoms with Gasteiger partial charge in [0.1, 0.15) is 12.0 Å². The Hall–Kier alpha value is -3.60. The molecule has 5 nitrogen and oxygen atoms in total. The van der Waals surface area contributed by atoms with Crippen LogP contribution in [-0.2, 0) is 0 Å². The topological polar surface area (TPSA) is 68.1 Å².